The molecule has 0 atom stereocenters. The van der Waals surface area contributed by atoms with Crippen molar-refractivity contribution in [1.29, 1.82) is 0 Å². The number of amides is 1. The van der Waals surface area contributed by atoms with Gasteiger partial charge in [0.05, 0.1) is 0 Å². The van der Waals surface area contributed by atoms with E-state index in [9.17, 15) is 4.79 Å². The lowest BCUT2D eigenvalue weighted by atomic mass is 9.91. The summed E-state index contributed by atoms with van der Waals surface area (Å²) in [6.07, 6.45) is 4.45. The number of carbonyl (C=O) groups excluding carboxylic acids is 1. The Bertz CT molecular complexity index is 214. The quantitative estimate of drug-likeness (QED) is 0.673. The third kappa shape index (κ3) is 4.49. The minimum Gasteiger partial charge on any atom is -0.354 e. The van der Waals surface area contributed by atoms with E-state index in [1.165, 1.54) is 19.3 Å². The van der Waals surface area contributed by atoms with Gasteiger partial charge in [-0.15, -0.1) is 0 Å². The number of hydrogen-bond acceptors (Lipinski definition) is 3. The average molecular weight is 227 g/mol. The summed E-state index contributed by atoms with van der Waals surface area (Å²) in [4.78, 5) is 13.9. The van der Waals surface area contributed by atoms with Crippen LogP contribution >= 0.6 is 0 Å². The van der Waals surface area contributed by atoms with Gasteiger partial charge in [-0.3, -0.25) is 9.69 Å². The maximum atomic E-state index is 11.5. The molecule has 3 N–H and O–H groups in total. The van der Waals surface area contributed by atoms with Crippen molar-refractivity contribution in [3.05, 3.63) is 0 Å². The summed E-state index contributed by atoms with van der Waals surface area (Å²) in [6.45, 7) is 6.42. The van der Waals surface area contributed by atoms with Gasteiger partial charge in [-0.1, -0.05) is 6.42 Å². The molecule has 4 nitrogen and oxygen atoms in total. The van der Waals surface area contributed by atoms with Gasteiger partial charge in [-0.05, 0) is 26.7 Å². The van der Waals surface area contributed by atoms with E-state index < -0.39 is 0 Å². The topological polar surface area (TPSA) is 58.4 Å². The van der Waals surface area contributed by atoms with Crippen molar-refractivity contribution in [3.63, 3.8) is 0 Å². The fraction of sp³-hybridized carbons (Fsp3) is 0.917. The van der Waals surface area contributed by atoms with Gasteiger partial charge < -0.3 is 11.1 Å². The third-order valence-corrected chi connectivity index (χ3v) is 3.08. The number of hydrogen-bond donors (Lipinski definition) is 2. The van der Waals surface area contributed by atoms with Crippen LogP contribution in [-0.4, -0.2) is 42.5 Å². The monoisotopic (exact) mass is 227 g/mol. The summed E-state index contributed by atoms with van der Waals surface area (Å²) in [7, 11) is 0. The second-order valence-electron chi connectivity index (χ2n) is 4.88. The van der Waals surface area contributed by atoms with Gasteiger partial charge in [0.15, 0.2) is 0 Å². The molecule has 0 aliphatic heterocycles. The summed E-state index contributed by atoms with van der Waals surface area (Å²) < 4.78 is 0. The van der Waals surface area contributed by atoms with Crippen molar-refractivity contribution < 1.29 is 4.79 Å². The second-order valence-corrected chi connectivity index (χ2v) is 4.88. The fourth-order valence-electron chi connectivity index (χ4n) is 2.03. The third-order valence-electron chi connectivity index (χ3n) is 3.08. The molecule has 1 saturated carbocycles. The van der Waals surface area contributed by atoms with E-state index in [0.717, 1.165) is 13.1 Å². The van der Waals surface area contributed by atoms with Gasteiger partial charge in [-0.25, -0.2) is 0 Å². The minimum atomic E-state index is 0.149. The Balaban J connectivity index is 2.23. The Morgan fingerprint density at radius 3 is 2.56 bits per heavy atom. The van der Waals surface area contributed by atoms with E-state index in [2.05, 4.69) is 10.2 Å². The zero-order valence-electron chi connectivity index (χ0n) is 10.5. The lowest BCUT2D eigenvalue weighted by molar-refractivity contribution is -0.122. The zero-order valence-corrected chi connectivity index (χ0v) is 10.5. The number of carbonyl (C=O) groups is 1. The molecule has 0 unspecified atom stereocenters. The average Bonchev–Trinajstić information content (AvgIpc) is 2.10. The first-order chi connectivity index (χ1) is 7.63. The highest BCUT2D eigenvalue weighted by Crippen LogP contribution is 2.24. The SMILES string of the molecule is CC(C)NC(=O)CCN(CCN)C1CCC1. The van der Waals surface area contributed by atoms with Crippen LogP contribution in [-0.2, 0) is 4.79 Å². The Hall–Kier alpha value is -0.610. The smallest absolute Gasteiger partial charge is 0.221 e. The van der Waals surface area contributed by atoms with Crippen LogP contribution in [0.25, 0.3) is 0 Å². The van der Waals surface area contributed by atoms with E-state index in [-0.39, 0.29) is 11.9 Å². The van der Waals surface area contributed by atoms with Gasteiger partial charge >= 0.3 is 0 Å². The van der Waals surface area contributed by atoms with Crippen molar-refractivity contribution in [3.8, 4) is 0 Å². The van der Waals surface area contributed by atoms with Gasteiger partial charge in [0.2, 0.25) is 5.91 Å². The highest BCUT2D eigenvalue weighted by atomic mass is 16.1. The molecule has 0 aromatic carbocycles. The van der Waals surface area contributed by atoms with Gasteiger partial charge in [0.1, 0.15) is 0 Å². The van der Waals surface area contributed by atoms with Crippen LogP contribution in [0.3, 0.4) is 0 Å². The Morgan fingerprint density at radius 2 is 2.12 bits per heavy atom. The molecule has 1 rings (SSSR count). The molecule has 1 aliphatic rings. The van der Waals surface area contributed by atoms with E-state index in [4.69, 9.17) is 5.73 Å². The van der Waals surface area contributed by atoms with Crippen LogP contribution in [0.1, 0.15) is 39.5 Å². The van der Waals surface area contributed by atoms with E-state index in [0.29, 0.717) is 19.0 Å². The van der Waals surface area contributed by atoms with Crippen molar-refractivity contribution in [2.75, 3.05) is 19.6 Å². The fourth-order valence-corrected chi connectivity index (χ4v) is 2.03. The Morgan fingerprint density at radius 1 is 1.44 bits per heavy atom. The summed E-state index contributed by atoms with van der Waals surface area (Å²) in [6, 6.07) is 0.912. The lowest BCUT2D eigenvalue weighted by Crippen LogP contribution is -2.44. The van der Waals surface area contributed by atoms with Crippen molar-refractivity contribution in [1.82, 2.24) is 10.2 Å². The molecule has 1 aliphatic carbocycles. The molecule has 0 aromatic heterocycles. The Kier molecular flexibility index (Phi) is 5.77. The van der Waals surface area contributed by atoms with Gasteiger partial charge in [-0.2, -0.15) is 0 Å². The first kappa shape index (κ1) is 13.5. The standard InChI is InChI=1S/C12H25N3O/c1-10(2)14-12(16)6-8-15(9-7-13)11-4-3-5-11/h10-11H,3-9,13H2,1-2H3,(H,14,16). The van der Waals surface area contributed by atoms with Crippen LogP contribution in [0.2, 0.25) is 0 Å². The normalized spacial score (nSPS) is 16.6. The van der Waals surface area contributed by atoms with Crippen LogP contribution in [0.15, 0.2) is 0 Å². The number of nitrogens with zero attached hydrogens (tertiary/aromatic N) is 1. The van der Waals surface area contributed by atoms with Crippen molar-refractivity contribution in [2.24, 2.45) is 5.73 Å². The molecule has 0 spiro atoms. The first-order valence-electron chi connectivity index (χ1n) is 6.37. The summed E-state index contributed by atoms with van der Waals surface area (Å²) in [5.41, 5.74) is 5.59. The predicted molar refractivity (Wildman–Crippen MR) is 66.2 cm³/mol. The molecule has 94 valence electrons. The van der Waals surface area contributed by atoms with Gasteiger partial charge in [0.25, 0.3) is 0 Å². The molecule has 1 amide bonds. The second kappa shape index (κ2) is 6.86. The number of nitrogens with two attached hydrogens (primary N) is 1. The van der Waals surface area contributed by atoms with Crippen LogP contribution < -0.4 is 11.1 Å². The van der Waals surface area contributed by atoms with Crippen LogP contribution in [0.5, 0.6) is 0 Å². The van der Waals surface area contributed by atoms with Crippen molar-refractivity contribution >= 4 is 5.91 Å². The van der Waals surface area contributed by atoms with Crippen molar-refractivity contribution in [2.45, 2.75) is 51.6 Å². The summed E-state index contributed by atoms with van der Waals surface area (Å²) >= 11 is 0. The van der Waals surface area contributed by atoms with E-state index in [1.807, 2.05) is 13.8 Å². The minimum absolute atomic E-state index is 0.149. The largest absolute Gasteiger partial charge is 0.354 e. The molecule has 0 aromatic rings. The molecule has 4 heteroatoms. The predicted octanol–water partition coefficient (Wildman–Crippen LogP) is 0.714. The molecule has 16 heavy (non-hydrogen) atoms. The number of rotatable bonds is 7. The highest BCUT2D eigenvalue weighted by molar-refractivity contribution is 5.76. The highest BCUT2D eigenvalue weighted by Gasteiger charge is 2.24. The van der Waals surface area contributed by atoms with Crippen LogP contribution in [0, 0.1) is 0 Å². The maximum Gasteiger partial charge on any atom is 0.221 e. The zero-order chi connectivity index (χ0) is 12.0. The molecule has 1 fully saturated rings. The Labute approximate surface area is 98.6 Å². The lowest BCUT2D eigenvalue weighted by Gasteiger charge is -2.37. The van der Waals surface area contributed by atoms with Gasteiger partial charge in [0, 0.05) is 38.1 Å². The molecule has 0 bridgehead atoms. The van der Waals surface area contributed by atoms with E-state index >= 15 is 0 Å². The molecular formula is C12H25N3O. The maximum absolute atomic E-state index is 11.5. The molecule has 0 radical (unpaired) electrons. The summed E-state index contributed by atoms with van der Waals surface area (Å²) in [5, 5.41) is 2.92. The molecular weight excluding hydrogens is 202 g/mol. The van der Waals surface area contributed by atoms with Crippen LogP contribution in [0.4, 0.5) is 0 Å². The molecule has 0 saturated heterocycles. The molecule has 0 heterocycles. The summed E-state index contributed by atoms with van der Waals surface area (Å²) in [5.74, 6) is 0.149. The van der Waals surface area contributed by atoms with E-state index in [1.54, 1.807) is 0 Å². The number of nitrogens with one attached hydrogen (secondary N) is 1. The first-order valence-corrected chi connectivity index (χ1v) is 6.37.